The zero-order chi connectivity index (χ0) is 20.2. The van der Waals surface area contributed by atoms with Gasteiger partial charge in [-0.15, -0.1) is 11.3 Å². The zero-order valence-electron chi connectivity index (χ0n) is 15.1. The number of anilines is 1. The number of rotatable bonds is 5. The third-order valence-electron chi connectivity index (χ3n) is 4.20. The SMILES string of the molecule is O=C(Cc1ccc(F)cc1)Nc1ncc(-c2ccc(F)cc2)nc1-c1cccs1. The maximum absolute atomic E-state index is 13.2. The molecule has 0 saturated heterocycles. The smallest absolute Gasteiger partial charge is 0.230 e. The Bertz CT molecular complexity index is 1130. The van der Waals surface area contributed by atoms with Crippen LogP contribution in [0.15, 0.2) is 72.2 Å². The Morgan fingerprint density at radius 3 is 2.31 bits per heavy atom. The van der Waals surface area contributed by atoms with Gasteiger partial charge in [0.05, 0.1) is 23.2 Å². The second-order valence-corrected chi connectivity index (χ2v) is 7.24. The summed E-state index contributed by atoms with van der Waals surface area (Å²) in [6.45, 7) is 0. The van der Waals surface area contributed by atoms with Gasteiger partial charge in [-0.25, -0.2) is 18.7 Å². The lowest BCUT2D eigenvalue weighted by Crippen LogP contribution is -2.16. The molecule has 1 N–H and O–H groups in total. The number of benzene rings is 2. The number of hydrogen-bond donors (Lipinski definition) is 1. The molecule has 0 aliphatic rings. The monoisotopic (exact) mass is 407 g/mol. The molecule has 0 radical (unpaired) electrons. The minimum Gasteiger partial charge on any atom is -0.309 e. The van der Waals surface area contributed by atoms with Gasteiger partial charge >= 0.3 is 0 Å². The first-order chi connectivity index (χ1) is 14.1. The van der Waals surface area contributed by atoms with E-state index in [9.17, 15) is 13.6 Å². The van der Waals surface area contributed by atoms with Gasteiger partial charge in [0.1, 0.15) is 17.3 Å². The summed E-state index contributed by atoms with van der Waals surface area (Å²) in [6.07, 6.45) is 1.63. The number of aromatic nitrogens is 2. The number of carbonyl (C=O) groups excluding carboxylic acids is 1. The maximum Gasteiger partial charge on any atom is 0.230 e. The fourth-order valence-electron chi connectivity index (χ4n) is 2.79. The fourth-order valence-corrected chi connectivity index (χ4v) is 3.50. The van der Waals surface area contributed by atoms with Gasteiger partial charge in [0, 0.05) is 5.56 Å². The van der Waals surface area contributed by atoms with Gasteiger partial charge < -0.3 is 5.32 Å². The Labute approximate surface area is 169 Å². The van der Waals surface area contributed by atoms with Gasteiger partial charge in [-0.05, 0) is 53.4 Å². The Balaban J connectivity index is 1.62. The summed E-state index contributed by atoms with van der Waals surface area (Å²) in [4.78, 5) is 22.4. The zero-order valence-corrected chi connectivity index (χ0v) is 15.9. The standard InChI is InChI=1S/C22H15F2N3OS/c23-16-7-3-14(4-8-16)12-20(28)27-22-21(19-2-1-11-29-19)26-18(13-25-22)15-5-9-17(24)10-6-15/h1-11,13H,12H2,(H,25,27,28). The molecule has 0 aliphatic heterocycles. The van der Waals surface area contributed by atoms with E-state index in [1.807, 2.05) is 17.5 Å². The van der Waals surface area contributed by atoms with E-state index in [2.05, 4.69) is 15.3 Å². The quantitative estimate of drug-likeness (QED) is 0.486. The van der Waals surface area contributed by atoms with Gasteiger partial charge in [-0.2, -0.15) is 0 Å². The van der Waals surface area contributed by atoms with Crippen LogP contribution in [-0.2, 0) is 11.2 Å². The first-order valence-electron chi connectivity index (χ1n) is 8.79. The fraction of sp³-hybridized carbons (Fsp3) is 0.0455. The summed E-state index contributed by atoms with van der Waals surface area (Å²) in [5, 5.41) is 4.70. The lowest BCUT2D eigenvalue weighted by Gasteiger charge is -2.11. The Kier molecular flexibility index (Phi) is 5.39. The average Bonchev–Trinajstić information content (AvgIpc) is 3.25. The van der Waals surface area contributed by atoms with Crippen molar-refractivity contribution in [3.63, 3.8) is 0 Å². The van der Waals surface area contributed by atoms with Gasteiger partial charge in [0.2, 0.25) is 5.91 Å². The normalized spacial score (nSPS) is 10.7. The van der Waals surface area contributed by atoms with Gasteiger partial charge in [0.25, 0.3) is 0 Å². The Hall–Kier alpha value is -3.45. The summed E-state index contributed by atoms with van der Waals surface area (Å²) in [6, 6.07) is 15.5. The molecule has 7 heteroatoms. The molecule has 4 rings (SSSR count). The minimum atomic E-state index is -0.351. The third kappa shape index (κ3) is 4.52. The number of halogens is 2. The van der Waals surface area contributed by atoms with E-state index in [-0.39, 0.29) is 24.0 Å². The summed E-state index contributed by atoms with van der Waals surface area (Å²) < 4.78 is 26.3. The highest BCUT2D eigenvalue weighted by Crippen LogP contribution is 2.31. The molecule has 0 atom stereocenters. The van der Waals surface area contributed by atoms with E-state index in [0.29, 0.717) is 22.8 Å². The largest absolute Gasteiger partial charge is 0.309 e. The molecule has 0 unspecified atom stereocenters. The van der Waals surface area contributed by atoms with Crippen molar-refractivity contribution in [1.82, 2.24) is 9.97 Å². The van der Waals surface area contributed by atoms with Gasteiger partial charge in [-0.3, -0.25) is 4.79 Å². The van der Waals surface area contributed by atoms with Crippen LogP contribution in [0.5, 0.6) is 0 Å². The molecule has 29 heavy (non-hydrogen) atoms. The molecule has 0 bridgehead atoms. The molecule has 0 fully saturated rings. The molecule has 2 aromatic carbocycles. The van der Waals surface area contributed by atoms with Crippen LogP contribution in [0.2, 0.25) is 0 Å². The van der Waals surface area contributed by atoms with Crippen LogP contribution >= 0.6 is 11.3 Å². The van der Waals surface area contributed by atoms with E-state index in [1.54, 1.807) is 24.3 Å². The predicted octanol–water partition coefficient (Wildman–Crippen LogP) is 5.33. The molecule has 144 valence electrons. The molecule has 0 spiro atoms. The van der Waals surface area contributed by atoms with Gasteiger partial charge in [-0.1, -0.05) is 18.2 Å². The molecular formula is C22H15F2N3OS. The van der Waals surface area contributed by atoms with Crippen molar-refractivity contribution in [2.45, 2.75) is 6.42 Å². The van der Waals surface area contributed by atoms with E-state index in [1.165, 1.54) is 41.8 Å². The van der Waals surface area contributed by atoms with Crippen LogP contribution in [0, 0.1) is 11.6 Å². The number of nitrogens with zero attached hydrogens (tertiary/aromatic N) is 2. The molecular weight excluding hydrogens is 392 g/mol. The molecule has 0 saturated carbocycles. The first kappa shape index (κ1) is 18.9. The molecule has 2 aromatic heterocycles. The van der Waals surface area contributed by atoms with Crippen LogP contribution in [0.25, 0.3) is 21.8 Å². The van der Waals surface area contributed by atoms with Crippen molar-refractivity contribution in [2.24, 2.45) is 0 Å². The molecule has 1 amide bonds. The summed E-state index contributed by atoms with van der Waals surface area (Å²) in [5.74, 6) is -0.620. The van der Waals surface area contributed by atoms with Crippen LogP contribution in [0.1, 0.15) is 5.56 Å². The maximum atomic E-state index is 13.2. The van der Waals surface area contributed by atoms with Crippen molar-refractivity contribution in [1.29, 1.82) is 0 Å². The van der Waals surface area contributed by atoms with Crippen LogP contribution in [-0.4, -0.2) is 15.9 Å². The third-order valence-corrected chi connectivity index (χ3v) is 5.08. The van der Waals surface area contributed by atoms with E-state index < -0.39 is 0 Å². The Morgan fingerprint density at radius 2 is 1.66 bits per heavy atom. The van der Waals surface area contributed by atoms with E-state index in [0.717, 1.165) is 10.4 Å². The topological polar surface area (TPSA) is 54.9 Å². The van der Waals surface area contributed by atoms with Crippen molar-refractivity contribution in [2.75, 3.05) is 5.32 Å². The minimum absolute atomic E-state index is 0.0888. The van der Waals surface area contributed by atoms with E-state index >= 15 is 0 Å². The van der Waals surface area contributed by atoms with Crippen LogP contribution in [0.3, 0.4) is 0 Å². The number of amides is 1. The molecule has 0 aliphatic carbocycles. The van der Waals surface area contributed by atoms with Crippen molar-refractivity contribution in [3.8, 4) is 21.8 Å². The van der Waals surface area contributed by atoms with Crippen molar-refractivity contribution >= 4 is 23.1 Å². The summed E-state index contributed by atoms with van der Waals surface area (Å²) in [5.41, 5.74) is 2.53. The van der Waals surface area contributed by atoms with Crippen LogP contribution < -0.4 is 5.32 Å². The second kappa shape index (κ2) is 8.28. The van der Waals surface area contributed by atoms with Crippen molar-refractivity contribution < 1.29 is 13.6 Å². The second-order valence-electron chi connectivity index (χ2n) is 6.29. The molecule has 2 heterocycles. The van der Waals surface area contributed by atoms with E-state index in [4.69, 9.17) is 0 Å². The highest BCUT2D eigenvalue weighted by molar-refractivity contribution is 7.13. The highest BCUT2D eigenvalue weighted by Gasteiger charge is 2.15. The number of hydrogen-bond acceptors (Lipinski definition) is 4. The van der Waals surface area contributed by atoms with Crippen LogP contribution in [0.4, 0.5) is 14.6 Å². The number of thiophene rings is 1. The number of nitrogens with one attached hydrogen (secondary N) is 1. The molecule has 4 nitrogen and oxygen atoms in total. The predicted molar refractivity (Wildman–Crippen MR) is 109 cm³/mol. The summed E-state index contributed by atoms with van der Waals surface area (Å²) >= 11 is 1.47. The highest BCUT2D eigenvalue weighted by atomic mass is 32.1. The molecule has 4 aromatic rings. The van der Waals surface area contributed by atoms with Crippen molar-refractivity contribution in [3.05, 3.63) is 89.4 Å². The number of carbonyl (C=O) groups is 1. The lowest BCUT2D eigenvalue weighted by molar-refractivity contribution is -0.115. The summed E-state index contributed by atoms with van der Waals surface area (Å²) in [7, 11) is 0. The average molecular weight is 407 g/mol. The Morgan fingerprint density at radius 1 is 0.966 bits per heavy atom. The van der Waals surface area contributed by atoms with Gasteiger partial charge in [0.15, 0.2) is 5.82 Å². The lowest BCUT2D eigenvalue weighted by atomic mass is 10.1. The first-order valence-corrected chi connectivity index (χ1v) is 9.67.